The highest BCUT2D eigenvalue weighted by Crippen LogP contribution is 2.26. The van der Waals surface area contributed by atoms with Crippen molar-refractivity contribution in [3.63, 3.8) is 0 Å². The van der Waals surface area contributed by atoms with E-state index in [1.807, 2.05) is 16.9 Å². The van der Waals surface area contributed by atoms with Gasteiger partial charge < -0.3 is 5.32 Å². The van der Waals surface area contributed by atoms with Crippen molar-refractivity contribution < 1.29 is 0 Å². The summed E-state index contributed by atoms with van der Waals surface area (Å²) in [6.45, 7) is 5.09. The average molecular weight is 400 g/mol. The second-order valence-electron chi connectivity index (χ2n) is 7.29. The summed E-state index contributed by atoms with van der Waals surface area (Å²) in [4.78, 5) is 0. The first-order valence-electron chi connectivity index (χ1n) is 9.68. The number of nitrogens with zero attached hydrogens (tertiary/aromatic N) is 4. The SMILES string of the molecule is Cc1c(C(C)NCc2ccc3nsnc3c2)cnn1-c1cccc2ccccc12. The molecule has 29 heavy (non-hydrogen) atoms. The number of benzene rings is 3. The van der Waals surface area contributed by atoms with E-state index in [4.69, 9.17) is 5.10 Å². The molecule has 1 atom stereocenters. The molecule has 0 bridgehead atoms. The Hall–Kier alpha value is -3.09. The van der Waals surface area contributed by atoms with E-state index in [0.717, 1.165) is 29.0 Å². The fourth-order valence-corrected chi connectivity index (χ4v) is 4.32. The normalized spacial score (nSPS) is 12.6. The molecule has 2 heterocycles. The number of aromatic nitrogens is 4. The minimum Gasteiger partial charge on any atom is -0.306 e. The van der Waals surface area contributed by atoms with E-state index in [-0.39, 0.29) is 6.04 Å². The molecule has 1 N–H and O–H groups in total. The van der Waals surface area contributed by atoms with E-state index in [2.05, 4.69) is 82.5 Å². The first-order chi connectivity index (χ1) is 14.2. The Labute approximate surface area is 173 Å². The van der Waals surface area contributed by atoms with Crippen molar-refractivity contribution in [2.75, 3.05) is 0 Å². The molecule has 0 aliphatic rings. The van der Waals surface area contributed by atoms with Gasteiger partial charge in [0.25, 0.3) is 0 Å². The van der Waals surface area contributed by atoms with Crippen LogP contribution in [0.1, 0.15) is 29.8 Å². The Kier molecular flexibility index (Phi) is 4.58. The van der Waals surface area contributed by atoms with Crippen LogP contribution >= 0.6 is 11.7 Å². The van der Waals surface area contributed by atoms with Crippen molar-refractivity contribution in [1.82, 2.24) is 23.8 Å². The van der Waals surface area contributed by atoms with E-state index >= 15 is 0 Å². The quantitative estimate of drug-likeness (QED) is 0.442. The van der Waals surface area contributed by atoms with E-state index in [1.54, 1.807) is 0 Å². The number of nitrogens with one attached hydrogen (secondary N) is 1. The Bertz CT molecular complexity index is 1300. The Morgan fingerprint density at radius 2 is 1.83 bits per heavy atom. The van der Waals surface area contributed by atoms with Crippen LogP contribution in [0.3, 0.4) is 0 Å². The minimum absolute atomic E-state index is 0.183. The molecule has 5 nitrogen and oxygen atoms in total. The third kappa shape index (κ3) is 3.30. The highest BCUT2D eigenvalue weighted by atomic mass is 32.1. The van der Waals surface area contributed by atoms with Gasteiger partial charge in [-0.05, 0) is 43.0 Å². The predicted molar refractivity (Wildman–Crippen MR) is 118 cm³/mol. The van der Waals surface area contributed by atoms with Gasteiger partial charge in [-0.3, -0.25) is 0 Å². The molecular formula is C23H21N5S. The monoisotopic (exact) mass is 399 g/mol. The van der Waals surface area contributed by atoms with Crippen LogP contribution in [0.2, 0.25) is 0 Å². The van der Waals surface area contributed by atoms with Crippen molar-refractivity contribution in [2.45, 2.75) is 26.4 Å². The van der Waals surface area contributed by atoms with Crippen molar-refractivity contribution in [3.8, 4) is 5.69 Å². The highest BCUT2D eigenvalue weighted by molar-refractivity contribution is 7.00. The van der Waals surface area contributed by atoms with E-state index in [0.29, 0.717) is 0 Å². The molecule has 5 rings (SSSR count). The summed E-state index contributed by atoms with van der Waals surface area (Å²) < 4.78 is 10.6. The molecule has 0 radical (unpaired) electrons. The molecule has 6 heteroatoms. The van der Waals surface area contributed by atoms with Gasteiger partial charge in [-0.25, -0.2) is 4.68 Å². The van der Waals surface area contributed by atoms with E-state index < -0.39 is 0 Å². The maximum atomic E-state index is 4.71. The lowest BCUT2D eigenvalue weighted by molar-refractivity contribution is 0.572. The molecule has 0 aliphatic carbocycles. The van der Waals surface area contributed by atoms with Crippen LogP contribution in [0.4, 0.5) is 0 Å². The summed E-state index contributed by atoms with van der Waals surface area (Å²) in [5.74, 6) is 0. The smallest absolute Gasteiger partial charge is 0.105 e. The molecule has 2 aromatic heterocycles. The molecule has 1 unspecified atom stereocenters. The lowest BCUT2D eigenvalue weighted by atomic mass is 10.1. The van der Waals surface area contributed by atoms with Gasteiger partial charge >= 0.3 is 0 Å². The van der Waals surface area contributed by atoms with Gasteiger partial charge in [-0.1, -0.05) is 42.5 Å². The zero-order valence-electron chi connectivity index (χ0n) is 16.3. The van der Waals surface area contributed by atoms with Gasteiger partial charge in [-0.2, -0.15) is 13.8 Å². The van der Waals surface area contributed by atoms with Crippen LogP contribution in [-0.4, -0.2) is 18.5 Å². The average Bonchev–Trinajstić information content (AvgIpc) is 3.37. The largest absolute Gasteiger partial charge is 0.306 e. The summed E-state index contributed by atoms with van der Waals surface area (Å²) >= 11 is 1.25. The summed E-state index contributed by atoms with van der Waals surface area (Å²) in [6.07, 6.45) is 1.97. The Morgan fingerprint density at radius 3 is 2.76 bits per heavy atom. The molecule has 0 saturated heterocycles. The first-order valence-corrected chi connectivity index (χ1v) is 10.4. The fourth-order valence-electron chi connectivity index (χ4n) is 3.80. The third-order valence-electron chi connectivity index (χ3n) is 5.44. The van der Waals surface area contributed by atoms with E-state index in [9.17, 15) is 0 Å². The van der Waals surface area contributed by atoms with Crippen molar-refractivity contribution in [2.24, 2.45) is 0 Å². The molecule has 3 aromatic carbocycles. The summed E-state index contributed by atoms with van der Waals surface area (Å²) in [7, 11) is 0. The molecule has 0 fully saturated rings. The molecule has 5 aromatic rings. The van der Waals surface area contributed by atoms with Crippen molar-refractivity contribution in [1.29, 1.82) is 0 Å². The van der Waals surface area contributed by atoms with Crippen LogP contribution in [0, 0.1) is 6.92 Å². The minimum atomic E-state index is 0.183. The van der Waals surface area contributed by atoms with Crippen LogP contribution in [0.5, 0.6) is 0 Å². The van der Waals surface area contributed by atoms with Gasteiger partial charge in [0.1, 0.15) is 11.0 Å². The molecule has 0 amide bonds. The molecule has 0 aliphatic heterocycles. The number of hydrogen-bond donors (Lipinski definition) is 1. The lowest BCUT2D eigenvalue weighted by Gasteiger charge is -2.15. The van der Waals surface area contributed by atoms with Gasteiger partial charge in [0, 0.05) is 29.2 Å². The molecule has 144 valence electrons. The van der Waals surface area contributed by atoms with Gasteiger partial charge in [0.2, 0.25) is 0 Å². The van der Waals surface area contributed by atoms with Crippen LogP contribution in [-0.2, 0) is 6.54 Å². The standard InChI is InChI=1S/C23H21N5S/c1-15(24-13-17-10-11-21-22(12-17)27-29-26-21)20-14-25-28(16(20)2)23-9-5-7-18-6-3-4-8-19(18)23/h3-12,14-15,24H,13H2,1-2H3. The first kappa shape index (κ1) is 18.0. The second kappa shape index (κ2) is 7.39. The topological polar surface area (TPSA) is 55.6 Å². The molecule has 0 saturated carbocycles. The fraction of sp³-hybridized carbons (Fsp3) is 0.174. The lowest BCUT2D eigenvalue weighted by Crippen LogP contribution is -2.18. The van der Waals surface area contributed by atoms with Gasteiger partial charge in [-0.15, -0.1) is 0 Å². The maximum absolute atomic E-state index is 4.71. The highest BCUT2D eigenvalue weighted by Gasteiger charge is 2.15. The van der Waals surface area contributed by atoms with Gasteiger partial charge in [0.05, 0.1) is 23.6 Å². The Balaban J connectivity index is 1.39. The second-order valence-corrected chi connectivity index (χ2v) is 7.81. The van der Waals surface area contributed by atoms with Gasteiger partial charge in [0.15, 0.2) is 0 Å². The number of hydrogen-bond acceptors (Lipinski definition) is 5. The zero-order valence-corrected chi connectivity index (χ0v) is 17.1. The zero-order chi connectivity index (χ0) is 19.8. The third-order valence-corrected chi connectivity index (χ3v) is 6.00. The summed E-state index contributed by atoms with van der Waals surface area (Å²) in [5, 5.41) is 10.8. The number of rotatable bonds is 5. The van der Waals surface area contributed by atoms with Crippen LogP contribution in [0.15, 0.2) is 66.9 Å². The van der Waals surface area contributed by atoms with Crippen LogP contribution in [0.25, 0.3) is 27.5 Å². The molecular weight excluding hydrogens is 378 g/mol. The maximum Gasteiger partial charge on any atom is 0.105 e. The van der Waals surface area contributed by atoms with Crippen LogP contribution < -0.4 is 5.32 Å². The molecule has 0 spiro atoms. The number of fused-ring (bicyclic) bond motifs is 2. The van der Waals surface area contributed by atoms with Crippen molar-refractivity contribution >= 4 is 33.5 Å². The Morgan fingerprint density at radius 1 is 1.00 bits per heavy atom. The predicted octanol–water partition coefficient (Wildman–Crippen LogP) is 5.19. The summed E-state index contributed by atoms with van der Waals surface area (Å²) in [6, 6.07) is 21.2. The van der Waals surface area contributed by atoms with E-state index in [1.165, 1.54) is 33.6 Å². The summed E-state index contributed by atoms with van der Waals surface area (Å²) in [5.41, 5.74) is 6.59. The van der Waals surface area contributed by atoms with Crippen molar-refractivity contribution in [3.05, 3.63) is 83.7 Å².